The number of hydrogen-bond donors (Lipinski definition) is 1. The number of ether oxygens (including phenoxy) is 2. The second-order valence-corrected chi connectivity index (χ2v) is 5.89. The van der Waals surface area contributed by atoms with E-state index in [0.29, 0.717) is 31.3 Å². The number of ketones is 1. The molecule has 1 atom stereocenters. The van der Waals surface area contributed by atoms with E-state index in [-0.39, 0.29) is 5.78 Å². The smallest absolute Gasteiger partial charge is 0.163 e. The lowest BCUT2D eigenvalue weighted by Gasteiger charge is -2.22. The van der Waals surface area contributed by atoms with Gasteiger partial charge in [-0.25, -0.2) is 0 Å². The molecule has 0 amide bonds. The summed E-state index contributed by atoms with van der Waals surface area (Å²) in [6.45, 7) is 3.49. The van der Waals surface area contributed by atoms with Crippen molar-refractivity contribution in [2.24, 2.45) is 5.92 Å². The highest BCUT2D eigenvalue weighted by Crippen LogP contribution is 2.31. The third kappa shape index (κ3) is 3.76. The Morgan fingerprint density at radius 2 is 2.05 bits per heavy atom. The molecule has 2 aliphatic heterocycles. The van der Waals surface area contributed by atoms with Gasteiger partial charge in [-0.1, -0.05) is 0 Å². The van der Waals surface area contributed by atoms with Crippen molar-refractivity contribution in [1.82, 2.24) is 5.32 Å². The van der Waals surface area contributed by atoms with Gasteiger partial charge in [0.05, 0.1) is 13.2 Å². The van der Waals surface area contributed by atoms with Gasteiger partial charge in [0.15, 0.2) is 17.3 Å². The minimum absolute atomic E-state index is 0.205. The van der Waals surface area contributed by atoms with Crippen molar-refractivity contribution in [2.45, 2.75) is 32.1 Å². The monoisotopic (exact) mass is 289 g/mol. The van der Waals surface area contributed by atoms with Crippen LogP contribution in [0.25, 0.3) is 0 Å². The zero-order valence-electron chi connectivity index (χ0n) is 12.4. The number of fused-ring (bicyclic) bond motifs is 1. The van der Waals surface area contributed by atoms with Crippen LogP contribution >= 0.6 is 0 Å². The van der Waals surface area contributed by atoms with Crippen molar-refractivity contribution in [2.75, 3.05) is 26.3 Å². The van der Waals surface area contributed by atoms with E-state index in [4.69, 9.17) is 9.47 Å². The highest BCUT2D eigenvalue weighted by Gasteiger charge is 2.17. The van der Waals surface area contributed by atoms with Gasteiger partial charge in [-0.05, 0) is 56.5 Å². The number of piperidine rings is 1. The molecule has 4 nitrogen and oxygen atoms in total. The zero-order valence-corrected chi connectivity index (χ0v) is 12.4. The van der Waals surface area contributed by atoms with Gasteiger partial charge in [0, 0.05) is 18.4 Å². The van der Waals surface area contributed by atoms with Crippen LogP contribution in [0.3, 0.4) is 0 Å². The molecule has 114 valence electrons. The number of benzene rings is 1. The fraction of sp³-hybridized carbons (Fsp3) is 0.588. The fourth-order valence-electron chi connectivity index (χ4n) is 2.99. The Morgan fingerprint density at radius 3 is 2.86 bits per heavy atom. The fourth-order valence-corrected chi connectivity index (χ4v) is 2.99. The Labute approximate surface area is 125 Å². The van der Waals surface area contributed by atoms with Gasteiger partial charge in [0.2, 0.25) is 0 Å². The summed E-state index contributed by atoms with van der Waals surface area (Å²) in [4.78, 5) is 12.3. The molecule has 21 heavy (non-hydrogen) atoms. The molecule has 2 heterocycles. The summed E-state index contributed by atoms with van der Waals surface area (Å²) < 4.78 is 11.2. The Bertz CT molecular complexity index is 495. The van der Waals surface area contributed by atoms with Gasteiger partial charge in [0.25, 0.3) is 0 Å². The van der Waals surface area contributed by atoms with Crippen LogP contribution < -0.4 is 14.8 Å². The summed E-state index contributed by atoms with van der Waals surface area (Å²) >= 11 is 0. The maximum atomic E-state index is 12.3. The molecule has 1 aromatic rings. The van der Waals surface area contributed by atoms with Crippen molar-refractivity contribution >= 4 is 5.78 Å². The molecule has 0 aromatic heterocycles. The van der Waals surface area contributed by atoms with Gasteiger partial charge in [-0.3, -0.25) is 4.79 Å². The van der Waals surface area contributed by atoms with Gasteiger partial charge in [-0.15, -0.1) is 0 Å². The summed E-state index contributed by atoms with van der Waals surface area (Å²) in [6, 6.07) is 5.55. The average Bonchev–Trinajstić information content (AvgIpc) is 2.78. The SMILES string of the molecule is O=C(CCC1CCCNC1)c1ccc2c(c1)OCCCO2. The number of Topliss-reactive ketones (excluding diaryl/α,β-unsaturated/α-hetero) is 1. The first-order valence-corrected chi connectivity index (χ1v) is 7.96. The first-order valence-electron chi connectivity index (χ1n) is 7.96. The van der Waals surface area contributed by atoms with E-state index in [1.54, 1.807) is 0 Å². The van der Waals surface area contributed by atoms with Crippen LogP contribution in [0.5, 0.6) is 11.5 Å². The maximum Gasteiger partial charge on any atom is 0.163 e. The molecule has 2 aliphatic rings. The quantitative estimate of drug-likeness (QED) is 0.866. The summed E-state index contributed by atoms with van der Waals surface area (Å²) in [6.07, 6.45) is 4.93. The number of carbonyl (C=O) groups excluding carboxylic acids is 1. The highest BCUT2D eigenvalue weighted by molar-refractivity contribution is 5.96. The van der Waals surface area contributed by atoms with Crippen LogP contribution in [-0.2, 0) is 0 Å². The lowest BCUT2D eigenvalue weighted by molar-refractivity contribution is 0.0971. The summed E-state index contributed by atoms with van der Waals surface area (Å²) in [5.74, 6) is 2.30. The molecule has 0 bridgehead atoms. The molecule has 1 saturated heterocycles. The minimum Gasteiger partial charge on any atom is -0.490 e. The lowest BCUT2D eigenvalue weighted by atomic mass is 9.92. The standard InChI is InChI=1S/C17H23NO3/c19-15(6-4-13-3-1-8-18-12-13)14-5-7-16-17(11-14)21-10-2-9-20-16/h5,7,11,13,18H,1-4,6,8-10,12H2. The van der Waals surface area contributed by atoms with Gasteiger partial charge in [0.1, 0.15) is 0 Å². The second-order valence-electron chi connectivity index (χ2n) is 5.89. The molecular formula is C17H23NO3. The van der Waals surface area contributed by atoms with E-state index >= 15 is 0 Å². The van der Waals surface area contributed by atoms with Crippen molar-refractivity contribution in [3.8, 4) is 11.5 Å². The third-order valence-corrected chi connectivity index (χ3v) is 4.25. The van der Waals surface area contributed by atoms with Crippen LogP contribution in [0.1, 0.15) is 42.5 Å². The Morgan fingerprint density at radius 1 is 1.19 bits per heavy atom. The van der Waals surface area contributed by atoms with E-state index in [9.17, 15) is 4.79 Å². The van der Waals surface area contributed by atoms with E-state index in [2.05, 4.69) is 5.32 Å². The second kappa shape index (κ2) is 6.94. The molecule has 0 saturated carbocycles. The third-order valence-electron chi connectivity index (χ3n) is 4.25. The maximum absolute atomic E-state index is 12.3. The van der Waals surface area contributed by atoms with Crippen molar-refractivity contribution < 1.29 is 14.3 Å². The topological polar surface area (TPSA) is 47.6 Å². The molecule has 0 aliphatic carbocycles. The van der Waals surface area contributed by atoms with Crippen molar-refractivity contribution in [3.63, 3.8) is 0 Å². The molecule has 1 aromatic carbocycles. The number of carbonyl (C=O) groups is 1. The summed E-state index contributed by atoms with van der Waals surface area (Å²) in [5.41, 5.74) is 0.739. The predicted octanol–water partition coefficient (Wildman–Crippen LogP) is 2.81. The van der Waals surface area contributed by atoms with E-state index < -0.39 is 0 Å². The lowest BCUT2D eigenvalue weighted by Crippen LogP contribution is -2.30. The normalized spacial score (nSPS) is 21.6. The van der Waals surface area contributed by atoms with Crippen LogP contribution in [0.4, 0.5) is 0 Å². The zero-order chi connectivity index (χ0) is 14.5. The molecule has 4 heteroatoms. The number of nitrogens with one attached hydrogen (secondary N) is 1. The highest BCUT2D eigenvalue weighted by atomic mass is 16.5. The van der Waals surface area contributed by atoms with E-state index in [0.717, 1.165) is 37.2 Å². The summed E-state index contributed by atoms with van der Waals surface area (Å²) in [7, 11) is 0. The number of rotatable bonds is 4. The molecule has 1 unspecified atom stereocenters. The van der Waals surface area contributed by atoms with Crippen LogP contribution in [0.15, 0.2) is 18.2 Å². The van der Waals surface area contributed by atoms with Gasteiger partial charge < -0.3 is 14.8 Å². The van der Waals surface area contributed by atoms with E-state index in [1.165, 1.54) is 12.8 Å². The molecule has 1 N–H and O–H groups in total. The molecular weight excluding hydrogens is 266 g/mol. The van der Waals surface area contributed by atoms with Gasteiger partial charge >= 0.3 is 0 Å². The Kier molecular flexibility index (Phi) is 4.76. The molecule has 1 fully saturated rings. The Hall–Kier alpha value is -1.55. The van der Waals surface area contributed by atoms with Crippen LogP contribution in [0.2, 0.25) is 0 Å². The number of hydrogen-bond acceptors (Lipinski definition) is 4. The Balaban J connectivity index is 1.60. The van der Waals surface area contributed by atoms with Crippen LogP contribution in [0, 0.1) is 5.92 Å². The van der Waals surface area contributed by atoms with Gasteiger partial charge in [-0.2, -0.15) is 0 Å². The first kappa shape index (κ1) is 14.4. The molecule has 3 rings (SSSR count). The molecule has 0 radical (unpaired) electrons. The predicted molar refractivity (Wildman–Crippen MR) is 81.2 cm³/mol. The van der Waals surface area contributed by atoms with Crippen molar-refractivity contribution in [3.05, 3.63) is 23.8 Å². The first-order chi connectivity index (χ1) is 10.3. The largest absolute Gasteiger partial charge is 0.490 e. The van der Waals surface area contributed by atoms with Crippen LogP contribution in [-0.4, -0.2) is 32.1 Å². The molecule has 0 spiro atoms. The van der Waals surface area contributed by atoms with Crippen molar-refractivity contribution in [1.29, 1.82) is 0 Å². The van der Waals surface area contributed by atoms with E-state index in [1.807, 2.05) is 18.2 Å². The minimum atomic E-state index is 0.205. The average molecular weight is 289 g/mol. The summed E-state index contributed by atoms with van der Waals surface area (Å²) in [5, 5.41) is 3.40.